The van der Waals surface area contributed by atoms with Gasteiger partial charge in [0.1, 0.15) is 18.8 Å². The van der Waals surface area contributed by atoms with Gasteiger partial charge in [-0.15, -0.1) is 20.2 Å². The maximum Gasteiger partial charge on any atom is 0.306 e. The Kier molecular flexibility index (Phi) is 18.0. The molecular formula is C33H49N3O10. The molecule has 1 aromatic rings. The van der Waals surface area contributed by atoms with E-state index in [9.17, 15) is 35.2 Å². The summed E-state index contributed by atoms with van der Waals surface area (Å²) in [4.78, 5) is 42.5. The van der Waals surface area contributed by atoms with Gasteiger partial charge in [-0.25, -0.2) is 0 Å². The van der Waals surface area contributed by atoms with Crippen LogP contribution in [0.5, 0.6) is 0 Å². The quantitative estimate of drug-likeness (QED) is 0.0476. The van der Waals surface area contributed by atoms with Crippen LogP contribution < -0.4 is 5.32 Å². The summed E-state index contributed by atoms with van der Waals surface area (Å²) in [7, 11) is 0. The average molecular weight is 648 g/mol. The van der Waals surface area contributed by atoms with Gasteiger partial charge in [-0.1, -0.05) is 54.6 Å². The monoisotopic (exact) mass is 647 g/mol. The first-order valence-corrected chi connectivity index (χ1v) is 16.0. The molecule has 0 heterocycles. The van der Waals surface area contributed by atoms with Gasteiger partial charge in [-0.2, -0.15) is 0 Å². The van der Waals surface area contributed by atoms with Crippen LogP contribution in [0.15, 0.2) is 66.4 Å². The second kappa shape index (κ2) is 21.7. The zero-order valence-electron chi connectivity index (χ0n) is 26.8. The molecule has 13 heteroatoms. The van der Waals surface area contributed by atoms with Gasteiger partial charge in [0.15, 0.2) is 0 Å². The maximum absolute atomic E-state index is 12.8. The van der Waals surface area contributed by atoms with E-state index in [2.05, 4.69) is 40.1 Å². The number of aryl methyl sites for hydroxylation is 1. The normalized spacial score (nSPS) is 21.3. The molecular weight excluding hydrogens is 598 g/mol. The average Bonchev–Trinajstić information content (AvgIpc) is 3.29. The number of carbonyl (C=O) groups is 1. The first-order valence-electron chi connectivity index (χ1n) is 16.0. The Morgan fingerprint density at radius 3 is 2.50 bits per heavy atom. The number of allylic oxidation sites excluding steroid dienone is 4. The molecule has 3 N–H and O–H groups in total. The Bertz CT molecular complexity index is 1140. The number of unbranched alkanes of at least 4 members (excludes halogenated alkanes) is 1. The van der Waals surface area contributed by atoms with Gasteiger partial charge in [0.2, 0.25) is 0 Å². The molecule has 6 atom stereocenters. The molecule has 256 valence electrons. The van der Waals surface area contributed by atoms with Crippen LogP contribution in [-0.4, -0.2) is 63.9 Å². The summed E-state index contributed by atoms with van der Waals surface area (Å²) in [5.74, 6) is -1.04. The lowest BCUT2D eigenvalue weighted by molar-refractivity contribution is -0.790. The first-order chi connectivity index (χ1) is 22.1. The van der Waals surface area contributed by atoms with E-state index in [4.69, 9.17) is 4.74 Å². The highest BCUT2D eigenvalue weighted by molar-refractivity contribution is 5.69. The summed E-state index contributed by atoms with van der Waals surface area (Å²) in [5, 5.41) is 43.8. The standard InChI is InChI=1S/C33H49N3O10/c1-3-26(34-4-2)15-10-5-6-11-17-29-30(32(38)23-31(29)37)22-21-27(20-19-25-13-8-7-9-14-25)45-33(39)18-12-16-28(46-36(42)43)24-44-35(40)41/h3,6-9,11,13-14,21-22,27-32,34,37-38H,4-5,10,12,15-20,23-24H2,1-2H3/b11-6-,22-21+,26-3?/t27-,28+,29+,30+,31-,32+/m0/s1. The van der Waals surface area contributed by atoms with Crippen LogP contribution in [0.4, 0.5) is 0 Å². The molecule has 1 fully saturated rings. The topological polar surface area (TPSA) is 184 Å². The van der Waals surface area contributed by atoms with Crippen LogP contribution in [-0.2, 0) is 25.6 Å². The Morgan fingerprint density at radius 1 is 1.07 bits per heavy atom. The van der Waals surface area contributed by atoms with Crippen molar-refractivity contribution in [1.29, 1.82) is 0 Å². The summed E-state index contributed by atoms with van der Waals surface area (Å²) >= 11 is 0. The minimum absolute atomic E-state index is 0.0259. The highest BCUT2D eigenvalue weighted by Gasteiger charge is 2.39. The number of rotatable bonds is 23. The van der Waals surface area contributed by atoms with E-state index in [1.165, 1.54) is 5.70 Å². The predicted molar refractivity (Wildman–Crippen MR) is 171 cm³/mol. The van der Waals surface area contributed by atoms with Crippen LogP contribution in [0.1, 0.15) is 77.2 Å². The SMILES string of the molecule is CC=C(CCC/C=C\C[C@@H]1[C@@H](/C=C/[C@H](CCc2ccccc2)OC(=O)CCC[C@H](CO[N+](=O)[O-])O[N+](=O)[O-])[C@H](O)C[C@@H]1O)NCC. The smallest absolute Gasteiger partial charge is 0.306 e. The minimum Gasteiger partial charge on any atom is -0.458 e. The third-order valence-corrected chi connectivity index (χ3v) is 7.96. The number of nitrogens with zero attached hydrogens (tertiary/aromatic N) is 2. The number of benzene rings is 1. The van der Waals surface area contributed by atoms with Gasteiger partial charge in [0.05, 0.1) is 12.2 Å². The fourth-order valence-electron chi connectivity index (χ4n) is 5.58. The van der Waals surface area contributed by atoms with Crippen molar-refractivity contribution < 1.29 is 39.6 Å². The van der Waals surface area contributed by atoms with Gasteiger partial charge >= 0.3 is 5.97 Å². The molecule has 0 aromatic heterocycles. The van der Waals surface area contributed by atoms with Gasteiger partial charge in [-0.05, 0) is 82.8 Å². The van der Waals surface area contributed by atoms with Crippen molar-refractivity contribution in [3.63, 3.8) is 0 Å². The molecule has 0 spiro atoms. The molecule has 1 aliphatic rings. The van der Waals surface area contributed by atoms with E-state index in [0.29, 0.717) is 19.3 Å². The molecule has 1 aromatic carbocycles. The van der Waals surface area contributed by atoms with E-state index < -0.39 is 47.2 Å². The van der Waals surface area contributed by atoms with Gasteiger partial charge < -0.3 is 29.9 Å². The van der Waals surface area contributed by atoms with Gasteiger partial charge in [-0.3, -0.25) is 4.79 Å². The summed E-state index contributed by atoms with van der Waals surface area (Å²) in [5.41, 5.74) is 2.29. The molecule has 0 amide bonds. The third kappa shape index (κ3) is 15.3. The molecule has 13 nitrogen and oxygen atoms in total. The number of hydrogen-bond donors (Lipinski definition) is 3. The van der Waals surface area contributed by atoms with E-state index in [1.54, 1.807) is 6.08 Å². The number of aliphatic hydroxyl groups is 2. The lowest BCUT2D eigenvalue weighted by atomic mass is 9.89. The van der Waals surface area contributed by atoms with Crippen molar-refractivity contribution >= 4 is 5.97 Å². The first kappa shape index (κ1) is 38.2. The summed E-state index contributed by atoms with van der Waals surface area (Å²) < 4.78 is 5.75. The van der Waals surface area contributed by atoms with E-state index >= 15 is 0 Å². The van der Waals surface area contributed by atoms with Crippen LogP contribution >= 0.6 is 0 Å². The van der Waals surface area contributed by atoms with Crippen molar-refractivity contribution in [2.75, 3.05) is 13.2 Å². The van der Waals surface area contributed by atoms with E-state index in [-0.39, 0.29) is 37.5 Å². The van der Waals surface area contributed by atoms with Crippen LogP contribution in [0.3, 0.4) is 0 Å². The number of nitrogens with one attached hydrogen (secondary N) is 1. The molecule has 46 heavy (non-hydrogen) atoms. The molecule has 0 bridgehead atoms. The molecule has 0 aliphatic heterocycles. The Labute approximate surface area is 270 Å². The van der Waals surface area contributed by atoms with E-state index in [1.807, 2.05) is 43.3 Å². The number of esters is 1. The predicted octanol–water partition coefficient (Wildman–Crippen LogP) is 5.03. The summed E-state index contributed by atoms with van der Waals surface area (Å²) in [6.45, 7) is 4.35. The lowest BCUT2D eigenvalue weighted by Crippen LogP contribution is -2.25. The largest absolute Gasteiger partial charge is 0.458 e. The van der Waals surface area contributed by atoms with Crippen molar-refractivity contribution in [1.82, 2.24) is 5.32 Å². The molecule has 1 aliphatic carbocycles. The van der Waals surface area contributed by atoms with Crippen molar-refractivity contribution in [3.8, 4) is 0 Å². The molecule has 2 rings (SSSR count). The van der Waals surface area contributed by atoms with Crippen molar-refractivity contribution in [2.24, 2.45) is 11.8 Å². The third-order valence-electron chi connectivity index (χ3n) is 7.96. The second-order valence-corrected chi connectivity index (χ2v) is 11.4. The molecule has 0 radical (unpaired) electrons. The zero-order chi connectivity index (χ0) is 33.7. The Morgan fingerprint density at radius 2 is 1.83 bits per heavy atom. The van der Waals surface area contributed by atoms with Crippen LogP contribution in [0, 0.1) is 32.1 Å². The Hall–Kier alpha value is -3.97. The fourth-order valence-corrected chi connectivity index (χ4v) is 5.58. The highest BCUT2D eigenvalue weighted by Crippen LogP contribution is 2.36. The minimum atomic E-state index is -1.20. The van der Waals surface area contributed by atoms with Crippen molar-refractivity contribution in [2.45, 2.75) is 102 Å². The number of aliphatic hydroxyl groups excluding tert-OH is 2. The van der Waals surface area contributed by atoms with Crippen LogP contribution in [0.2, 0.25) is 0 Å². The summed E-state index contributed by atoms with van der Waals surface area (Å²) in [6.07, 6.45) is 11.6. The summed E-state index contributed by atoms with van der Waals surface area (Å²) in [6, 6.07) is 9.72. The lowest BCUT2D eigenvalue weighted by Gasteiger charge is -2.21. The molecule has 0 unspecified atom stereocenters. The van der Waals surface area contributed by atoms with Gasteiger partial charge in [0, 0.05) is 31.0 Å². The van der Waals surface area contributed by atoms with Crippen LogP contribution in [0.25, 0.3) is 0 Å². The molecule has 1 saturated carbocycles. The number of hydrogen-bond acceptors (Lipinski definition) is 11. The fraction of sp³-hybridized carbons (Fsp3) is 0.606. The van der Waals surface area contributed by atoms with Crippen molar-refractivity contribution in [3.05, 3.63) is 92.2 Å². The Balaban J connectivity index is 2.00. The number of carbonyl (C=O) groups excluding carboxylic acids is 1. The second-order valence-electron chi connectivity index (χ2n) is 11.4. The molecule has 0 saturated heterocycles. The zero-order valence-corrected chi connectivity index (χ0v) is 26.8. The van der Waals surface area contributed by atoms with Gasteiger partial charge in [0.25, 0.3) is 10.2 Å². The number of ether oxygens (including phenoxy) is 1. The van der Waals surface area contributed by atoms with E-state index in [0.717, 1.165) is 31.4 Å². The maximum atomic E-state index is 12.8. The highest BCUT2D eigenvalue weighted by atomic mass is 17.0.